The number of hydrogen-bond acceptors (Lipinski definition) is 3. The van der Waals surface area contributed by atoms with Crippen LogP contribution in [0.3, 0.4) is 0 Å². The van der Waals surface area contributed by atoms with E-state index in [0.29, 0.717) is 11.4 Å². The smallest absolute Gasteiger partial charge is 0.142 e. The van der Waals surface area contributed by atoms with Gasteiger partial charge in [-0.1, -0.05) is 12.1 Å². The van der Waals surface area contributed by atoms with Crippen LogP contribution in [0.5, 0.6) is 5.75 Å². The van der Waals surface area contributed by atoms with E-state index in [1.165, 1.54) is 0 Å². The molecule has 3 aromatic rings. The molecule has 0 saturated carbocycles. The third-order valence-corrected chi connectivity index (χ3v) is 3.04. The molecular weight excluding hydrogens is 250 g/mol. The van der Waals surface area contributed by atoms with E-state index in [1.54, 1.807) is 0 Å². The number of hydrogen-bond donors (Lipinski definition) is 2. The second-order valence-corrected chi connectivity index (χ2v) is 5.02. The summed E-state index contributed by atoms with van der Waals surface area (Å²) in [6, 6.07) is 13.7. The zero-order valence-electron chi connectivity index (χ0n) is 11.6. The highest BCUT2D eigenvalue weighted by molar-refractivity contribution is 5.80. The maximum atomic E-state index is 6.03. The molecule has 0 aliphatic rings. The first-order valence-corrected chi connectivity index (χ1v) is 6.65. The fourth-order valence-electron chi connectivity index (χ4n) is 2.15. The molecule has 0 spiro atoms. The monoisotopic (exact) mass is 267 g/mol. The van der Waals surface area contributed by atoms with Crippen LogP contribution in [0, 0.1) is 0 Å². The van der Waals surface area contributed by atoms with Crippen LogP contribution in [0.4, 0.5) is 5.69 Å². The summed E-state index contributed by atoms with van der Waals surface area (Å²) in [7, 11) is 0. The van der Waals surface area contributed by atoms with E-state index in [0.717, 1.165) is 22.4 Å². The summed E-state index contributed by atoms with van der Waals surface area (Å²) in [6.07, 6.45) is 0.106. The molecule has 0 saturated heterocycles. The van der Waals surface area contributed by atoms with Gasteiger partial charge >= 0.3 is 0 Å². The van der Waals surface area contributed by atoms with Crippen LogP contribution in [0.1, 0.15) is 13.8 Å². The van der Waals surface area contributed by atoms with Gasteiger partial charge in [0.1, 0.15) is 11.6 Å². The summed E-state index contributed by atoms with van der Waals surface area (Å²) in [5.74, 6) is 1.52. The van der Waals surface area contributed by atoms with E-state index >= 15 is 0 Å². The fourth-order valence-corrected chi connectivity index (χ4v) is 2.15. The van der Waals surface area contributed by atoms with Gasteiger partial charge in [-0.3, -0.25) is 0 Å². The number of imidazole rings is 1. The molecule has 1 heterocycles. The number of nitrogens with zero attached hydrogens (tertiary/aromatic N) is 1. The molecular formula is C16H17N3O. The van der Waals surface area contributed by atoms with Crippen LogP contribution in [0.25, 0.3) is 22.4 Å². The standard InChI is InChI=1S/C16H17N3O/c1-10(2)20-15-8-7-11(9-12(15)17)16-18-13-5-3-4-6-14(13)19-16/h3-10H,17H2,1-2H3,(H,18,19). The summed E-state index contributed by atoms with van der Waals surface area (Å²) in [5, 5.41) is 0. The molecule has 0 amide bonds. The van der Waals surface area contributed by atoms with E-state index in [1.807, 2.05) is 56.3 Å². The Hall–Kier alpha value is -2.49. The number of nitrogens with one attached hydrogen (secondary N) is 1. The average molecular weight is 267 g/mol. The van der Waals surface area contributed by atoms with E-state index in [2.05, 4.69) is 9.97 Å². The van der Waals surface area contributed by atoms with Crippen molar-refractivity contribution >= 4 is 16.7 Å². The third kappa shape index (κ3) is 2.32. The Bertz CT molecular complexity index is 713. The molecule has 1 aromatic heterocycles. The lowest BCUT2D eigenvalue weighted by Crippen LogP contribution is -2.07. The SMILES string of the molecule is CC(C)Oc1ccc(-c2nc3ccccc3[nH]2)cc1N. The summed E-state index contributed by atoms with van der Waals surface area (Å²) < 4.78 is 5.64. The van der Waals surface area contributed by atoms with Gasteiger partial charge in [0.15, 0.2) is 0 Å². The number of aromatic amines is 1. The molecule has 0 bridgehead atoms. The van der Waals surface area contributed by atoms with Gasteiger partial charge in [0, 0.05) is 5.56 Å². The van der Waals surface area contributed by atoms with Gasteiger partial charge in [0.05, 0.1) is 22.8 Å². The van der Waals surface area contributed by atoms with Crippen LogP contribution in [-0.2, 0) is 0 Å². The van der Waals surface area contributed by atoms with Crippen LogP contribution >= 0.6 is 0 Å². The molecule has 0 unspecified atom stereocenters. The zero-order chi connectivity index (χ0) is 14.1. The lowest BCUT2D eigenvalue weighted by molar-refractivity contribution is 0.244. The van der Waals surface area contributed by atoms with Crippen molar-refractivity contribution in [2.45, 2.75) is 20.0 Å². The number of H-pyrrole nitrogens is 1. The van der Waals surface area contributed by atoms with Crippen molar-refractivity contribution in [2.24, 2.45) is 0 Å². The van der Waals surface area contributed by atoms with Crippen molar-refractivity contribution in [1.29, 1.82) is 0 Å². The van der Waals surface area contributed by atoms with E-state index in [4.69, 9.17) is 10.5 Å². The first-order chi connectivity index (χ1) is 9.63. The van der Waals surface area contributed by atoms with Crippen molar-refractivity contribution in [2.75, 3.05) is 5.73 Å². The molecule has 3 N–H and O–H groups in total. The first kappa shape index (κ1) is 12.5. The molecule has 4 nitrogen and oxygen atoms in total. The maximum absolute atomic E-state index is 6.03. The molecule has 4 heteroatoms. The van der Waals surface area contributed by atoms with Gasteiger partial charge in [-0.05, 0) is 44.2 Å². The van der Waals surface area contributed by atoms with Gasteiger partial charge in [0.25, 0.3) is 0 Å². The van der Waals surface area contributed by atoms with Crippen molar-refractivity contribution in [3.05, 3.63) is 42.5 Å². The normalized spacial score (nSPS) is 11.2. The lowest BCUT2D eigenvalue weighted by Gasteiger charge is -2.12. The highest BCUT2D eigenvalue weighted by Crippen LogP contribution is 2.28. The van der Waals surface area contributed by atoms with E-state index < -0.39 is 0 Å². The Morgan fingerprint density at radius 1 is 1.15 bits per heavy atom. The van der Waals surface area contributed by atoms with Gasteiger partial charge in [0.2, 0.25) is 0 Å². The second-order valence-electron chi connectivity index (χ2n) is 5.02. The molecule has 3 rings (SSSR count). The molecule has 0 radical (unpaired) electrons. The van der Waals surface area contributed by atoms with E-state index in [9.17, 15) is 0 Å². The van der Waals surface area contributed by atoms with Crippen LogP contribution in [0.15, 0.2) is 42.5 Å². The second kappa shape index (κ2) is 4.89. The Labute approximate surface area is 117 Å². The minimum absolute atomic E-state index is 0.106. The Kier molecular flexibility index (Phi) is 3.06. The summed E-state index contributed by atoms with van der Waals surface area (Å²) >= 11 is 0. The van der Waals surface area contributed by atoms with Crippen molar-refractivity contribution in [3.63, 3.8) is 0 Å². The quantitative estimate of drug-likeness (QED) is 0.713. The highest BCUT2D eigenvalue weighted by atomic mass is 16.5. The topological polar surface area (TPSA) is 63.9 Å². The maximum Gasteiger partial charge on any atom is 0.142 e. The Balaban J connectivity index is 1.99. The van der Waals surface area contributed by atoms with Gasteiger partial charge in [-0.15, -0.1) is 0 Å². The molecule has 0 aliphatic heterocycles. The number of benzene rings is 2. The first-order valence-electron chi connectivity index (χ1n) is 6.65. The Morgan fingerprint density at radius 2 is 1.95 bits per heavy atom. The summed E-state index contributed by atoms with van der Waals surface area (Å²) in [4.78, 5) is 7.85. The molecule has 0 atom stereocenters. The average Bonchev–Trinajstić information content (AvgIpc) is 2.84. The predicted octanol–water partition coefficient (Wildman–Crippen LogP) is 3.60. The molecule has 2 aromatic carbocycles. The largest absolute Gasteiger partial charge is 0.489 e. The van der Waals surface area contributed by atoms with Crippen molar-refractivity contribution in [3.8, 4) is 17.1 Å². The predicted molar refractivity (Wildman–Crippen MR) is 81.7 cm³/mol. The van der Waals surface area contributed by atoms with Gasteiger partial charge < -0.3 is 15.5 Å². The number of ether oxygens (including phenoxy) is 1. The number of fused-ring (bicyclic) bond motifs is 1. The number of anilines is 1. The minimum atomic E-state index is 0.106. The van der Waals surface area contributed by atoms with E-state index in [-0.39, 0.29) is 6.10 Å². The molecule has 0 aliphatic carbocycles. The van der Waals surface area contributed by atoms with Gasteiger partial charge in [-0.2, -0.15) is 0 Å². The lowest BCUT2D eigenvalue weighted by atomic mass is 10.2. The molecule has 20 heavy (non-hydrogen) atoms. The molecule has 102 valence electrons. The number of aromatic nitrogens is 2. The minimum Gasteiger partial charge on any atom is -0.489 e. The fraction of sp³-hybridized carbons (Fsp3) is 0.188. The third-order valence-electron chi connectivity index (χ3n) is 3.04. The number of rotatable bonds is 3. The van der Waals surface area contributed by atoms with Crippen molar-refractivity contribution < 1.29 is 4.74 Å². The van der Waals surface area contributed by atoms with Crippen molar-refractivity contribution in [1.82, 2.24) is 9.97 Å². The number of para-hydroxylation sites is 2. The van der Waals surface area contributed by atoms with Crippen LogP contribution in [0.2, 0.25) is 0 Å². The zero-order valence-corrected chi connectivity index (χ0v) is 11.6. The van der Waals surface area contributed by atoms with Crippen LogP contribution in [-0.4, -0.2) is 16.1 Å². The van der Waals surface area contributed by atoms with Gasteiger partial charge in [-0.25, -0.2) is 4.98 Å². The summed E-state index contributed by atoms with van der Waals surface area (Å²) in [5.41, 5.74) is 9.57. The Morgan fingerprint density at radius 3 is 2.65 bits per heavy atom. The molecule has 0 fully saturated rings. The van der Waals surface area contributed by atoms with Crippen LogP contribution < -0.4 is 10.5 Å². The highest BCUT2D eigenvalue weighted by Gasteiger charge is 2.08. The summed E-state index contributed by atoms with van der Waals surface area (Å²) in [6.45, 7) is 3.96. The number of nitrogens with two attached hydrogens (primary N) is 1. The number of nitrogen functional groups attached to an aromatic ring is 1.